The van der Waals surface area contributed by atoms with Gasteiger partial charge in [-0.05, 0) is 18.2 Å². The van der Waals surface area contributed by atoms with E-state index >= 15 is 0 Å². The van der Waals surface area contributed by atoms with Gasteiger partial charge in [0.1, 0.15) is 5.02 Å². The first-order valence-corrected chi connectivity index (χ1v) is 6.36. The van der Waals surface area contributed by atoms with Crippen molar-refractivity contribution in [1.29, 1.82) is 0 Å². The summed E-state index contributed by atoms with van der Waals surface area (Å²) >= 11 is 5.82. The third-order valence-corrected chi connectivity index (χ3v) is 3.29. The molecule has 0 aliphatic heterocycles. The van der Waals surface area contributed by atoms with E-state index in [-0.39, 0.29) is 22.1 Å². The normalized spacial score (nSPS) is 10.4. The van der Waals surface area contributed by atoms with E-state index in [1.807, 2.05) is 43.3 Å². The van der Waals surface area contributed by atoms with Crippen molar-refractivity contribution in [3.63, 3.8) is 0 Å². The number of benzene rings is 2. The average Bonchev–Trinajstić information content (AvgIpc) is 2.41. The third-order valence-electron chi connectivity index (χ3n) is 2.91. The van der Waals surface area contributed by atoms with Crippen molar-refractivity contribution in [2.24, 2.45) is 0 Å². The molecule has 2 rings (SSSR count). The van der Waals surface area contributed by atoms with Gasteiger partial charge in [0, 0.05) is 14.1 Å². The van der Waals surface area contributed by atoms with Crippen LogP contribution in [0.4, 0.5) is 32.8 Å². The number of hydrogen-bond acceptors (Lipinski definition) is 4. The van der Waals surface area contributed by atoms with Crippen LogP contribution in [0.1, 0.15) is 0 Å². The molecule has 4 nitrogen and oxygen atoms in total. The molecule has 0 aromatic heterocycles. The standard InChI is InChI=1S/C14H16ClFN4/c1-20(2)11-6-4-3-5-10(11)19-14-9(18)7-8(17)12(15)13(14)16/h3-7,19H,17-18H2,1-2H3. The molecule has 0 spiro atoms. The fraction of sp³-hybridized carbons (Fsp3) is 0.143. The lowest BCUT2D eigenvalue weighted by Crippen LogP contribution is -2.11. The molecule has 0 unspecified atom stereocenters. The van der Waals surface area contributed by atoms with Gasteiger partial charge in [-0.15, -0.1) is 0 Å². The Morgan fingerprint density at radius 3 is 2.45 bits per heavy atom. The van der Waals surface area contributed by atoms with Gasteiger partial charge in [0.2, 0.25) is 0 Å². The van der Waals surface area contributed by atoms with Crippen LogP contribution in [-0.2, 0) is 0 Å². The van der Waals surface area contributed by atoms with Crippen LogP contribution < -0.4 is 21.7 Å². The van der Waals surface area contributed by atoms with Gasteiger partial charge in [-0.1, -0.05) is 23.7 Å². The molecule has 2 aromatic carbocycles. The van der Waals surface area contributed by atoms with Gasteiger partial charge in [-0.3, -0.25) is 0 Å². The van der Waals surface area contributed by atoms with Gasteiger partial charge in [-0.25, -0.2) is 4.39 Å². The molecule has 0 aliphatic rings. The van der Waals surface area contributed by atoms with Crippen molar-refractivity contribution in [3.8, 4) is 0 Å². The summed E-state index contributed by atoms with van der Waals surface area (Å²) in [6.07, 6.45) is 0. The maximum absolute atomic E-state index is 14.2. The zero-order valence-electron chi connectivity index (χ0n) is 11.2. The zero-order valence-corrected chi connectivity index (χ0v) is 12.0. The molecule has 0 saturated carbocycles. The first-order chi connectivity index (χ1) is 9.41. The quantitative estimate of drug-likeness (QED) is 0.759. The number of nitrogens with two attached hydrogens (primary N) is 2. The fourth-order valence-corrected chi connectivity index (χ4v) is 2.05. The van der Waals surface area contributed by atoms with Gasteiger partial charge in [0.15, 0.2) is 5.82 Å². The molecule has 0 bridgehead atoms. The summed E-state index contributed by atoms with van der Waals surface area (Å²) in [6.45, 7) is 0. The summed E-state index contributed by atoms with van der Waals surface area (Å²) < 4.78 is 14.2. The van der Waals surface area contributed by atoms with E-state index < -0.39 is 5.82 Å². The zero-order chi connectivity index (χ0) is 14.9. The molecule has 5 N–H and O–H groups in total. The number of para-hydroxylation sites is 2. The van der Waals surface area contributed by atoms with E-state index in [1.54, 1.807) is 0 Å². The summed E-state index contributed by atoms with van der Waals surface area (Å²) in [7, 11) is 3.80. The summed E-state index contributed by atoms with van der Waals surface area (Å²) in [6, 6.07) is 8.93. The molecule has 0 amide bonds. The maximum atomic E-state index is 14.2. The lowest BCUT2D eigenvalue weighted by Gasteiger charge is -2.20. The molecule has 0 aliphatic carbocycles. The Labute approximate surface area is 122 Å². The predicted molar refractivity (Wildman–Crippen MR) is 84.3 cm³/mol. The van der Waals surface area contributed by atoms with E-state index in [0.29, 0.717) is 0 Å². The minimum Gasteiger partial charge on any atom is -0.397 e. The second-order valence-electron chi connectivity index (χ2n) is 4.59. The van der Waals surface area contributed by atoms with E-state index in [0.717, 1.165) is 11.4 Å². The molecule has 0 heterocycles. The number of nitrogens with one attached hydrogen (secondary N) is 1. The van der Waals surface area contributed by atoms with Crippen LogP contribution in [0.15, 0.2) is 30.3 Å². The summed E-state index contributed by atoms with van der Waals surface area (Å²) in [5.41, 5.74) is 13.5. The molecule has 0 radical (unpaired) electrons. The summed E-state index contributed by atoms with van der Waals surface area (Å²) in [5.74, 6) is -0.655. The lowest BCUT2D eigenvalue weighted by atomic mass is 10.2. The highest BCUT2D eigenvalue weighted by molar-refractivity contribution is 6.33. The first-order valence-electron chi connectivity index (χ1n) is 5.98. The third kappa shape index (κ3) is 2.58. The molecule has 0 fully saturated rings. The highest BCUT2D eigenvalue weighted by Gasteiger charge is 2.15. The van der Waals surface area contributed by atoms with Crippen LogP contribution in [0, 0.1) is 5.82 Å². The molecule has 0 saturated heterocycles. The van der Waals surface area contributed by atoms with Crippen molar-refractivity contribution in [3.05, 3.63) is 41.2 Å². The van der Waals surface area contributed by atoms with Crippen molar-refractivity contribution < 1.29 is 4.39 Å². The van der Waals surface area contributed by atoms with Gasteiger partial charge >= 0.3 is 0 Å². The Kier molecular flexibility index (Phi) is 3.90. The topological polar surface area (TPSA) is 67.3 Å². The van der Waals surface area contributed by atoms with Crippen LogP contribution in [0.2, 0.25) is 5.02 Å². The van der Waals surface area contributed by atoms with Crippen LogP contribution in [-0.4, -0.2) is 14.1 Å². The summed E-state index contributed by atoms with van der Waals surface area (Å²) in [5, 5.41) is 2.84. The van der Waals surface area contributed by atoms with E-state index in [2.05, 4.69) is 5.32 Å². The molecule has 0 atom stereocenters. The number of nitrogens with zero attached hydrogens (tertiary/aromatic N) is 1. The number of nitrogen functional groups attached to an aromatic ring is 2. The fourth-order valence-electron chi connectivity index (χ4n) is 1.90. The van der Waals surface area contributed by atoms with Crippen LogP contribution >= 0.6 is 11.6 Å². The lowest BCUT2D eigenvalue weighted by molar-refractivity contribution is 0.633. The molecule has 2 aromatic rings. The van der Waals surface area contributed by atoms with Crippen molar-refractivity contribution in [1.82, 2.24) is 0 Å². The highest BCUT2D eigenvalue weighted by Crippen LogP contribution is 2.37. The highest BCUT2D eigenvalue weighted by atomic mass is 35.5. The maximum Gasteiger partial charge on any atom is 0.169 e. The van der Waals surface area contributed by atoms with Crippen molar-refractivity contribution in [2.75, 3.05) is 35.8 Å². The number of hydrogen-bond donors (Lipinski definition) is 3. The van der Waals surface area contributed by atoms with Gasteiger partial charge in [0.05, 0.1) is 28.4 Å². The molecule has 106 valence electrons. The Balaban J connectivity index is 2.49. The smallest absolute Gasteiger partial charge is 0.169 e. The monoisotopic (exact) mass is 294 g/mol. The molecule has 20 heavy (non-hydrogen) atoms. The van der Waals surface area contributed by atoms with Crippen LogP contribution in [0.5, 0.6) is 0 Å². The largest absolute Gasteiger partial charge is 0.397 e. The SMILES string of the molecule is CN(C)c1ccccc1Nc1c(N)cc(N)c(Cl)c1F. The van der Waals surface area contributed by atoms with Crippen molar-refractivity contribution in [2.45, 2.75) is 0 Å². The molecular weight excluding hydrogens is 279 g/mol. The van der Waals surface area contributed by atoms with E-state index in [4.69, 9.17) is 23.1 Å². The Bertz CT molecular complexity index is 643. The first kappa shape index (κ1) is 14.3. The average molecular weight is 295 g/mol. The van der Waals surface area contributed by atoms with Gasteiger partial charge < -0.3 is 21.7 Å². The Morgan fingerprint density at radius 1 is 1.15 bits per heavy atom. The molecular formula is C14H16ClFN4. The van der Waals surface area contributed by atoms with Crippen LogP contribution in [0.3, 0.4) is 0 Å². The second kappa shape index (κ2) is 5.46. The van der Waals surface area contributed by atoms with Crippen LogP contribution in [0.25, 0.3) is 0 Å². The molecule has 6 heteroatoms. The second-order valence-corrected chi connectivity index (χ2v) is 4.97. The van der Waals surface area contributed by atoms with Crippen molar-refractivity contribution >= 4 is 40.0 Å². The minimum absolute atomic E-state index is 0.119. The number of anilines is 5. The Hall–Kier alpha value is -2.14. The Morgan fingerprint density at radius 2 is 1.80 bits per heavy atom. The van der Waals surface area contributed by atoms with Gasteiger partial charge in [-0.2, -0.15) is 0 Å². The minimum atomic E-state index is -0.655. The van der Waals surface area contributed by atoms with Gasteiger partial charge in [0.25, 0.3) is 0 Å². The summed E-state index contributed by atoms with van der Waals surface area (Å²) in [4.78, 5) is 1.91. The number of rotatable bonds is 3. The van der Waals surface area contributed by atoms with E-state index in [9.17, 15) is 4.39 Å². The predicted octanol–water partition coefficient (Wildman–Crippen LogP) is 3.45. The van der Waals surface area contributed by atoms with E-state index in [1.165, 1.54) is 6.07 Å². The number of halogens is 2.